The Morgan fingerprint density at radius 2 is 2.05 bits per heavy atom. The van der Waals surface area contributed by atoms with Crippen molar-refractivity contribution < 1.29 is 14.4 Å². The van der Waals surface area contributed by atoms with Crippen LogP contribution in [0, 0.1) is 11.7 Å². The van der Waals surface area contributed by atoms with Gasteiger partial charge >= 0.3 is 6.03 Å². The van der Waals surface area contributed by atoms with E-state index < -0.39 is 17.9 Å². The number of nitrogens with zero attached hydrogens (tertiary/aromatic N) is 1. The molecule has 1 unspecified atom stereocenters. The molecule has 6 nitrogen and oxygen atoms in total. The molecule has 104 valence electrons. The van der Waals surface area contributed by atoms with E-state index in [9.17, 15) is 9.18 Å². The fourth-order valence-corrected chi connectivity index (χ4v) is 1.51. The van der Waals surface area contributed by atoms with Crippen LogP contribution in [0.5, 0.6) is 0 Å². The quantitative estimate of drug-likeness (QED) is 0.289. The Labute approximate surface area is 110 Å². The predicted octanol–water partition coefficient (Wildman–Crippen LogP) is 1.72. The van der Waals surface area contributed by atoms with Crippen molar-refractivity contribution in [2.45, 2.75) is 19.9 Å². The summed E-state index contributed by atoms with van der Waals surface area (Å²) in [6.07, 6.45) is 0. The van der Waals surface area contributed by atoms with Crippen LogP contribution in [-0.2, 0) is 0 Å². The minimum absolute atomic E-state index is 0.0574. The minimum Gasteiger partial charge on any atom is -0.409 e. The third-order valence-corrected chi connectivity index (χ3v) is 2.51. The van der Waals surface area contributed by atoms with Gasteiger partial charge in [0.2, 0.25) is 0 Å². The molecular formula is C12H17FN4O2. The van der Waals surface area contributed by atoms with Gasteiger partial charge in [-0.3, -0.25) is 0 Å². The first-order valence-electron chi connectivity index (χ1n) is 5.75. The van der Waals surface area contributed by atoms with Gasteiger partial charge in [0.05, 0.1) is 11.7 Å². The Morgan fingerprint density at radius 1 is 1.42 bits per heavy atom. The van der Waals surface area contributed by atoms with Gasteiger partial charge < -0.3 is 21.6 Å². The lowest BCUT2D eigenvalue weighted by atomic mass is 10.0. The number of urea groups is 1. The maximum absolute atomic E-state index is 13.3. The highest BCUT2D eigenvalue weighted by atomic mass is 19.1. The Balaban J connectivity index is 2.71. The fourth-order valence-electron chi connectivity index (χ4n) is 1.51. The highest BCUT2D eigenvalue weighted by Gasteiger charge is 2.21. The molecule has 1 rings (SSSR count). The predicted molar refractivity (Wildman–Crippen MR) is 70.6 cm³/mol. The van der Waals surface area contributed by atoms with Gasteiger partial charge in [-0.25, -0.2) is 9.18 Å². The summed E-state index contributed by atoms with van der Waals surface area (Å²) in [5, 5.41) is 16.4. The standard InChI is InChI=1S/C12H17FN4O2/c1-7(2)10(11(14)17-19)16-12(18)15-9-6-4-3-5-8(9)13/h3-7,10,19H,1-2H3,(H2,14,17)(H2,15,16,18). The number of carbonyl (C=O) groups excluding carboxylic acids is 1. The van der Waals surface area contributed by atoms with Gasteiger partial charge in [0, 0.05) is 0 Å². The van der Waals surface area contributed by atoms with Crippen molar-refractivity contribution in [1.82, 2.24) is 5.32 Å². The molecule has 0 saturated carbocycles. The van der Waals surface area contributed by atoms with E-state index in [0.29, 0.717) is 0 Å². The molecule has 0 bridgehead atoms. The van der Waals surface area contributed by atoms with Crippen molar-refractivity contribution in [1.29, 1.82) is 0 Å². The molecule has 1 atom stereocenters. The second-order valence-electron chi connectivity index (χ2n) is 4.32. The lowest BCUT2D eigenvalue weighted by Gasteiger charge is -2.21. The maximum Gasteiger partial charge on any atom is 0.319 e. The maximum atomic E-state index is 13.3. The fraction of sp³-hybridized carbons (Fsp3) is 0.333. The molecule has 0 heterocycles. The first-order chi connectivity index (χ1) is 8.95. The second-order valence-corrected chi connectivity index (χ2v) is 4.32. The van der Waals surface area contributed by atoms with Crippen LogP contribution in [0.25, 0.3) is 0 Å². The summed E-state index contributed by atoms with van der Waals surface area (Å²) < 4.78 is 13.3. The summed E-state index contributed by atoms with van der Waals surface area (Å²) >= 11 is 0. The molecule has 5 N–H and O–H groups in total. The zero-order valence-corrected chi connectivity index (χ0v) is 10.7. The molecule has 0 aliphatic rings. The zero-order chi connectivity index (χ0) is 14.4. The van der Waals surface area contributed by atoms with Crippen molar-refractivity contribution in [2.75, 3.05) is 5.32 Å². The van der Waals surface area contributed by atoms with E-state index in [1.54, 1.807) is 19.9 Å². The average molecular weight is 268 g/mol. The summed E-state index contributed by atoms with van der Waals surface area (Å²) in [6.45, 7) is 3.60. The lowest BCUT2D eigenvalue weighted by molar-refractivity contribution is 0.247. The van der Waals surface area contributed by atoms with E-state index in [1.165, 1.54) is 18.2 Å². The third-order valence-electron chi connectivity index (χ3n) is 2.51. The van der Waals surface area contributed by atoms with Crippen molar-refractivity contribution >= 4 is 17.6 Å². The molecule has 7 heteroatoms. The van der Waals surface area contributed by atoms with Crippen molar-refractivity contribution in [3.8, 4) is 0 Å². The molecule has 0 aliphatic heterocycles. The highest BCUT2D eigenvalue weighted by Crippen LogP contribution is 2.12. The number of rotatable bonds is 4. The average Bonchev–Trinajstić information content (AvgIpc) is 2.37. The van der Waals surface area contributed by atoms with E-state index >= 15 is 0 Å². The van der Waals surface area contributed by atoms with E-state index in [4.69, 9.17) is 10.9 Å². The summed E-state index contributed by atoms with van der Waals surface area (Å²) in [5.74, 6) is -0.733. The SMILES string of the molecule is CC(C)C(NC(=O)Nc1ccccc1F)C(N)=NO. The topological polar surface area (TPSA) is 99.7 Å². The molecule has 19 heavy (non-hydrogen) atoms. The van der Waals surface area contributed by atoms with Crippen LogP contribution in [-0.4, -0.2) is 23.1 Å². The molecule has 2 amide bonds. The molecule has 1 aromatic carbocycles. The molecule has 0 fully saturated rings. The number of carbonyl (C=O) groups is 1. The lowest BCUT2D eigenvalue weighted by Crippen LogP contribution is -2.49. The van der Waals surface area contributed by atoms with Crippen molar-refractivity contribution in [2.24, 2.45) is 16.8 Å². The van der Waals surface area contributed by atoms with Gasteiger partial charge in [0.1, 0.15) is 5.82 Å². The molecule has 0 spiro atoms. The van der Waals surface area contributed by atoms with Crippen molar-refractivity contribution in [3.63, 3.8) is 0 Å². The summed E-state index contributed by atoms with van der Waals surface area (Å²) in [7, 11) is 0. The summed E-state index contributed by atoms with van der Waals surface area (Å²) in [6, 6.07) is 4.52. The Kier molecular flexibility index (Phi) is 5.11. The van der Waals surface area contributed by atoms with E-state index in [2.05, 4.69) is 15.8 Å². The van der Waals surface area contributed by atoms with Crippen LogP contribution in [0.2, 0.25) is 0 Å². The number of hydrogen-bond acceptors (Lipinski definition) is 3. The smallest absolute Gasteiger partial charge is 0.319 e. The zero-order valence-electron chi connectivity index (χ0n) is 10.7. The van der Waals surface area contributed by atoms with Gasteiger partial charge in [-0.15, -0.1) is 0 Å². The van der Waals surface area contributed by atoms with Crippen LogP contribution in [0.15, 0.2) is 29.4 Å². The number of anilines is 1. The first kappa shape index (κ1) is 14.7. The minimum atomic E-state index is -0.642. The first-order valence-corrected chi connectivity index (χ1v) is 5.75. The Morgan fingerprint density at radius 3 is 2.58 bits per heavy atom. The normalized spacial score (nSPS) is 13.2. The van der Waals surface area contributed by atoms with Crippen LogP contribution >= 0.6 is 0 Å². The number of amidine groups is 1. The van der Waals surface area contributed by atoms with Gasteiger partial charge in [-0.1, -0.05) is 31.1 Å². The number of hydrogen-bond donors (Lipinski definition) is 4. The number of halogens is 1. The monoisotopic (exact) mass is 268 g/mol. The van der Waals surface area contributed by atoms with Crippen molar-refractivity contribution in [3.05, 3.63) is 30.1 Å². The Hall–Kier alpha value is -2.31. The largest absolute Gasteiger partial charge is 0.409 e. The van der Waals surface area contributed by atoms with Gasteiger partial charge in [0.25, 0.3) is 0 Å². The molecule has 0 aromatic heterocycles. The van der Waals surface area contributed by atoms with Crippen LogP contribution in [0.1, 0.15) is 13.8 Å². The van der Waals surface area contributed by atoms with E-state index in [-0.39, 0.29) is 17.4 Å². The molecular weight excluding hydrogens is 251 g/mol. The van der Waals surface area contributed by atoms with Crippen LogP contribution in [0.4, 0.5) is 14.9 Å². The van der Waals surface area contributed by atoms with Gasteiger partial charge in [-0.05, 0) is 18.1 Å². The Bertz CT molecular complexity index is 477. The van der Waals surface area contributed by atoms with E-state index in [1.807, 2.05) is 0 Å². The number of benzene rings is 1. The third kappa shape index (κ3) is 4.13. The van der Waals surface area contributed by atoms with Gasteiger partial charge in [-0.2, -0.15) is 0 Å². The molecule has 0 aliphatic carbocycles. The molecule has 0 saturated heterocycles. The number of nitrogens with one attached hydrogen (secondary N) is 2. The summed E-state index contributed by atoms with van der Waals surface area (Å²) in [5.41, 5.74) is 5.53. The number of para-hydroxylation sites is 1. The number of oxime groups is 1. The number of nitrogens with two attached hydrogens (primary N) is 1. The second kappa shape index (κ2) is 6.58. The number of amides is 2. The molecule has 0 radical (unpaired) electrons. The van der Waals surface area contributed by atoms with Crippen LogP contribution in [0.3, 0.4) is 0 Å². The summed E-state index contributed by atoms with van der Waals surface area (Å²) in [4.78, 5) is 11.7. The van der Waals surface area contributed by atoms with Crippen LogP contribution < -0.4 is 16.4 Å². The van der Waals surface area contributed by atoms with E-state index in [0.717, 1.165) is 0 Å². The highest BCUT2D eigenvalue weighted by molar-refractivity contribution is 5.94. The molecule has 1 aromatic rings. The van der Waals surface area contributed by atoms with Gasteiger partial charge in [0.15, 0.2) is 5.84 Å².